The van der Waals surface area contributed by atoms with Gasteiger partial charge in [0.05, 0.1) is 5.02 Å². The van der Waals surface area contributed by atoms with Crippen molar-refractivity contribution >= 4 is 23.4 Å². The molecule has 0 radical (unpaired) electrons. The van der Waals surface area contributed by atoms with Crippen LogP contribution in [0.1, 0.15) is 30.9 Å². The van der Waals surface area contributed by atoms with Gasteiger partial charge in [0, 0.05) is 18.6 Å². The number of nitrogens with zero attached hydrogens (tertiary/aromatic N) is 1. The fourth-order valence-electron chi connectivity index (χ4n) is 3.68. The molecule has 2 aliphatic rings. The molecule has 0 unspecified atom stereocenters. The minimum Gasteiger partial charge on any atom is -0.314 e. The first-order valence-corrected chi connectivity index (χ1v) is 9.64. The van der Waals surface area contributed by atoms with Gasteiger partial charge in [-0.3, -0.25) is 4.90 Å². The van der Waals surface area contributed by atoms with Crippen LogP contribution in [0, 0.1) is 11.7 Å². The van der Waals surface area contributed by atoms with E-state index >= 15 is 0 Å². The van der Waals surface area contributed by atoms with Gasteiger partial charge in [-0.05, 0) is 68.0 Å². The SMILES string of the molecule is CN1CC[C@H](CNC2CCSCC2)[C@H]1c1ccc(Cl)c(F)c1. The van der Waals surface area contributed by atoms with Crippen LogP contribution in [0.3, 0.4) is 0 Å². The summed E-state index contributed by atoms with van der Waals surface area (Å²) >= 11 is 7.88. The molecular formula is C17H24ClFN2S. The lowest BCUT2D eigenvalue weighted by Crippen LogP contribution is -2.37. The van der Waals surface area contributed by atoms with E-state index in [9.17, 15) is 4.39 Å². The molecule has 122 valence electrons. The Morgan fingerprint density at radius 3 is 2.82 bits per heavy atom. The Bertz CT molecular complexity index is 507. The second kappa shape index (κ2) is 7.52. The van der Waals surface area contributed by atoms with Gasteiger partial charge < -0.3 is 5.32 Å². The number of halogens is 2. The number of hydrogen-bond donors (Lipinski definition) is 1. The van der Waals surface area contributed by atoms with E-state index in [4.69, 9.17) is 11.6 Å². The van der Waals surface area contributed by atoms with Crippen LogP contribution in [0.2, 0.25) is 5.02 Å². The smallest absolute Gasteiger partial charge is 0.142 e. The van der Waals surface area contributed by atoms with Crippen molar-refractivity contribution in [1.82, 2.24) is 10.2 Å². The van der Waals surface area contributed by atoms with Crippen LogP contribution in [-0.4, -0.2) is 42.6 Å². The van der Waals surface area contributed by atoms with Crippen molar-refractivity contribution in [3.8, 4) is 0 Å². The minimum atomic E-state index is -0.310. The van der Waals surface area contributed by atoms with Gasteiger partial charge in [-0.15, -0.1) is 0 Å². The third-order valence-electron chi connectivity index (χ3n) is 4.95. The van der Waals surface area contributed by atoms with E-state index in [1.807, 2.05) is 6.07 Å². The summed E-state index contributed by atoms with van der Waals surface area (Å²) in [5.41, 5.74) is 1.05. The lowest BCUT2D eigenvalue weighted by atomic mass is 9.93. The lowest BCUT2D eigenvalue weighted by Gasteiger charge is -2.29. The van der Waals surface area contributed by atoms with Gasteiger partial charge in [0.25, 0.3) is 0 Å². The van der Waals surface area contributed by atoms with Gasteiger partial charge in [-0.2, -0.15) is 11.8 Å². The summed E-state index contributed by atoms with van der Waals surface area (Å²) in [6.45, 7) is 2.09. The Morgan fingerprint density at radius 1 is 1.32 bits per heavy atom. The maximum atomic E-state index is 13.8. The Labute approximate surface area is 141 Å². The zero-order valence-corrected chi connectivity index (χ0v) is 14.6. The largest absolute Gasteiger partial charge is 0.314 e. The molecule has 3 rings (SSSR count). The van der Waals surface area contributed by atoms with Crippen LogP contribution >= 0.6 is 23.4 Å². The summed E-state index contributed by atoms with van der Waals surface area (Å²) in [6, 6.07) is 6.22. The highest BCUT2D eigenvalue weighted by atomic mass is 35.5. The molecule has 2 heterocycles. The number of benzene rings is 1. The second-order valence-electron chi connectivity index (χ2n) is 6.44. The van der Waals surface area contributed by atoms with Gasteiger partial charge in [0.1, 0.15) is 5.82 Å². The van der Waals surface area contributed by atoms with Crippen molar-refractivity contribution in [3.05, 3.63) is 34.6 Å². The van der Waals surface area contributed by atoms with E-state index < -0.39 is 0 Å². The highest BCUT2D eigenvalue weighted by Crippen LogP contribution is 2.37. The Morgan fingerprint density at radius 2 is 2.09 bits per heavy atom. The summed E-state index contributed by atoms with van der Waals surface area (Å²) in [7, 11) is 2.13. The van der Waals surface area contributed by atoms with Crippen molar-refractivity contribution in [2.45, 2.75) is 31.3 Å². The molecule has 0 aliphatic carbocycles. The fourth-order valence-corrected chi connectivity index (χ4v) is 4.91. The van der Waals surface area contributed by atoms with Crippen molar-refractivity contribution in [2.75, 3.05) is 31.6 Å². The minimum absolute atomic E-state index is 0.207. The maximum absolute atomic E-state index is 13.8. The van der Waals surface area contributed by atoms with Crippen LogP contribution in [0.15, 0.2) is 18.2 Å². The maximum Gasteiger partial charge on any atom is 0.142 e. The number of nitrogens with one attached hydrogen (secondary N) is 1. The van der Waals surface area contributed by atoms with Gasteiger partial charge in [0.2, 0.25) is 0 Å². The highest BCUT2D eigenvalue weighted by Gasteiger charge is 2.33. The molecule has 2 saturated heterocycles. The van der Waals surface area contributed by atoms with Crippen molar-refractivity contribution in [2.24, 2.45) is 5.92 Å². The normalized spacial score (nSPS) is 27.4. The quantitative estimate of drug-likeness (QED) is 0.891. The van der Waals surface area contributed by atoms with Crippen molar-refractivity contribution in [1.29, 1.82) is 0 Å². The van der Waals surface area contributed by atoms with E-state index in [0.29, 0.717) is 12.0 Å². The van der Waals surface area contributed by atoms with Crippen LogP contribution in [0.5, 0.6) is 0 Å². The first-order chi connectivity index (χ1) is 10.6. The first kappa shape index (κ1) is 16.6. The van der Waals surface area contributed by atoms with Gasteiger partial charge in [0.15, 0.2) is 0 Å². The predicted molar refractivity (Wildman–Crippen MR) is 93.2 cm³/mol. The highest BCUT2D eigenvalue weighted by molar-refractivity contribution is 7.99. The summed E-state index contributed by atoms with van der Waals surface area (Å²) < 4.78 is 13.8. The molecule has 1 N–H and O–H groups in total. The molecule has 0 aromatic heterocycles. The predicted octanol–water partition coefficient (Wildman–Crippen LogP) is 3.96. The topological polar surface area (TPSA) is 15.3 Å². The summed E-state index contributed by atoms with van der Waals surface area (Å²) in [5.74, 6) is 2.78. The lowest BCUT2D eigenvalue weighted by molar-refractivity contribution is 0.265. The van der Waals surface area contributed by atoms with Crippen molar-refractivity contribution in [3.63, 3.8) is 0 Å². The second-order valence-corrected chi connectivity index (χ2v) is 8.07. The third kappa shape index (κ3) is 3.78. The fraction of sp³-hybridized carbons (Fsp3) is 0.647. The first-order valence-electron chi connectivity index (χ1n) is 8.11. The molecule has 2 atom stereocenters. The number of thioether (sulfide) groups is 1. The molecule has 5 heteroatoms. The van der Waals surface area contributed by atoms with Crippen LogP contribution < -0.4 is 5.32 Å². The summed E-state index contributed by atoms with van der Waals surface area (Å²) in [5, 5.41) is 3.96. The zero-order chi connectivity index (χ0) is 15.5. The zero-order valence-electron chi connectivity index (χ0n) is 13.0. The van der Waals surface area contributed by atoms with Crippen molar-refractivity contribution < 1.29 is 4.39 Å². The Balaban J connectivity index is 1.66. The summed E-state index contributed by atoms with van der Waals surface area (Å²) in [4.78, 5) is 2.34. The summed E-state index contributed by atoms with van der Waals surface area (Å²) in [6.07, 6.45) is 3.71. The molecule has 0 amide bonds. The van der Waals surface area contributed by atoms with E-state index in [-0.39, 0.29) is 16.9 Å². The van der Waals surface area contributed by atoms with Crippen LogP contribution in [-0.2, 0) is 0 Å². The average molecular weight is 343 g/mol. The average Bonchev–Trinajstić information content (AvgIpc) is 2.90. The molecule has 0 saturated carbocycles. The molecule has 2 aliphatic heterocycles. The number of rotatable bonds is 4. The van der Waals surface area contributed by atoms with Crippen LogP contribution in [0.4, 0.5) is 4.39 Å². The molecular weight excluding hydrogens is 319 g/mol. The molecule has 2 nitrogen and oxygen atoms in total. The molecule has 0 spiro atoms. The molecule has 22 heavy (non-hydrogen) atoms. The monoisotopic (exact) mass is 342 g/mol. The van der Waals surface area contributed by atoms with E-state index in [1.54, 1.807) is 12.1 Å². The molecule has 0 bridgehead atoms. The Kier molecular flexibility index (Phi) is 5.66. The van der Waals surface area contributed by atoms with E-state index in [2.05, 4.69) is 29.0 Å². The third-order valence-corrected chi connectivity index (χ3v) is 6.30. The van der Waals surface area contributed by atoms with Crippen LogP contribution in [0.25, 0.3) is 0 Å². The Hall–Kier alpha value is -0.290. The standard InChI is InChI=1S/C17H24ClFN2S/c1-21-7-4-13(11-20-14-5-8-22-9-6-14)17(21)12-2-3-15(18)16(19)10-12/h2-3,10,13-14,17,20H,4-9,11H2,1H3/t13-,17-/m1/s1. The number of hydrogen-bond acceptors (Lipinski definition) is 3. The van der Waals surface area contributed by atoms with Gasteiger partial charge in [-0.25, -0.2) is 4.39 Å². The molecule has 1 aromatic rings. The van der Waals surface area contributed by atoms with Gasteiger partial charge in [-0.1, -0.05) is 17.7 Å². The molecule has 2 fully saturated rings. The van der Waals surface area contributed by atoms with E-state index in [0.717, 1.165) is 18.7 Å². The molecule has 1 aromatic carbocycles. The number of likely N-dealkylation sites (tertiary alicyclic amines) is 1. The van der Waals surface area contributed by atoms with Gasteiger partial charge >= 0.3 is 0 Å². The van der Waals surface area contributed by atoms with E-state index in [1.165, 1.54) is 30.8 Å².